The van der Waals surface area contributed by atoms with Crippen LogP contribution in [0.2, 0.25) is 0 Å². The van der Waals surface area contributed by atoms with Gasteiger partial charge in [0.15, 0.2) is 5.65 Å². The maximum Gasteiger partial charge on any atom is 0.338 e. The molecule has 5 nitrogen and oxygen atoms in total. The molecular weight excluding hydrogens is 381 g/mol. The molecular formula is C15H12IN3O2. The number of carbonyl (C=O) groups is 1. The largest absolute Gasteiger partial charge is 0.462 e. The minimum absolute atomic E-state index is 0.308. The fourth-order valence-corrected chi connectivity index (χ4v) is 2.49. The van der Waals surface area contributed by atoms with Gasteiger partial charge in [-0.2, -0.15) is 5.10 Å². The molecule has 0 spiro atoms. The number of rotatable bonds is 3. The highest BCUT2D eigenvalue weighted by Gasteiger charge is 2.08. The van der Waals surface area contributed by atoms with Gasteiger partial charge in [-0.25, -0.2) is 14.3 Å². The summed E-state index contributed by atoms with van der Waals surface area (Å²) < 4.78 is 7.70. The van der Waals surface area contributed by atoms with Crippen LogP contribution in [0.1, 0.15) is 17.3 Å². The zero-order chi connectivity index (χ0) is 14.8. The van der Waals surface area contributed by atoms with Crippen LogP contribution < -0.4 is 0 Å². The number of ether oxygens (including phenoxy) is 1. The lowest BCUT2D eigenvalue weighted by Gasteiger charge is -2.04. The fraction of sp³-hybridized carbons (Fsp3) is 0.133. The average Bonchev–Trinajstić information content (AvgIpc) is 2.89. The van der Waals surface area contributed by atoms with Crippen molar-refractivity contribution in [2.24, 2.45) is 0 Å². The molecule has 0 aliphatic rings. The van der Waals surface area contributed by atoms with Gasteiger partial charge >= 0.3 is 5.97 Å². The van der Waals surface area contributed by atoms with Crippen molar-refractivity contribution in [2.45, 2.75) is 6.92 Å². The molecule has 0 radical (unpaired) electrons. The van der Waals surface area contributed by atoms with Crippen molar-refractivity contribution >= 4 is 34.2 Å². The summed E-state index contributed by atoms with van der Waals surface area (Å²) in [5, 5.41) is 4.20. The van der Waals surface area contributed by atoms with Crippen molar-refractivity contribution < 1.29 is 9.53 Å². The normalized spacial score (nSPS) is 10.8. The average molecular weight is 393 g/mol. The van der Waals surface area contributed by atoms with E-state index in [0.717, 1.165) is 20.5 Å². The highest BCUT2D eigenvalue weighted by molar-refractivity contribution is 14.1. The van der Waals surface area contributed by atoms with Crippen LogP contribution in [0.5, 0.6) is 0 Å². The van der Waals surface area contributed by atoms with E-state index < -0.39 is 0 Å². The summed E-state index contributed by atoms with van der Waals surface area (Å²) in [6.07, 6.45) is 3.65. The van der Waals surface area contributed by atoms with E-state index in [1.807, 2.05) is 24.4 Å². The molecule has 0 saturated carbocycles. The van der Waals surface area contributed by atoms with Crippen molar-refractivity contribution in [1.82, 2.24) is 14.6 Å². The number of carbonyl (C=O) groups excluding carboxylic acids is 1. The summed E-state index contributed by atoms with van der Waals surface area (Å²) in [4.78, 5) is 16.2. The van der Waals surface area contributed by atoms with Gasteiger partial charge in [0.25, 0.3) is 0 Å². The van der Waals surface area contributed by atoms with Gasteiger partial charge in [0, 0.05) is 11.8 Å². The Morgan fingerprint density at radius 3 is 2.76 bits per heavy atom. The first-order chi connectivity index (χ1) is 10.2. The van der Waals surface area contributed by atoms with Crippen molar-refractivity contribution in [3.63, 3.8) is 0 Å². The maximum absolute atomic E-state index is 11.6. The topological polar surface area (TPSA) is 56.5 Å². The SMILES string of the molecule is CCOC(=O)c1ccc(-c2ccn3ncc(I)c3n2)cc1. The second kappa shape index (κ2) is 5.80. The van der Waals surface area contributed by atoms with Crippen molar-refractivity contribution in [3.8, 4) is 11.3 Å². The molecule has 0 unspecified atom stereocenters. The zero-order valence-electron chi connectivity index (χ0n) is 11.3. The molecule has 0 saturated heterocycles. The van der Waals surface area contributed by atoms with Crippen molar-refractivity contribution in [2.75, 3.05) is 6.61 Å². The van der Waals surface area contributed by atoms with Gasteiger partial charge in [-0.1, -0.05) is 12.1 Å². The first-order valence-corrected chi connectivity index (χ1v) is 7.54. The summed E-state index contributed by atoms with van der Waals surface area (Å²) in [5.74, 6) is -0.308. The van der Waals surface area contributed by atoms with E-state index in [0.29, 0.717) is 12.2 Å². The minimum atomic E-state index is -0.308. The van der Waals surface area contributed by atoms with Crippen LogP contribution in [0.4, 0.5) is 0 Å². The van der Waals surface area contributed by atoms with E-state index in [1.54, 1.807) is 29.8 Å². The first-order valence-electron chi connectivity index (χ1n) is 6.46. The molecule has 0 bridgehead atoms. The number of esters is 1. The van der Waals surface area contributed by atoms with Gasteiger partial charge in [-0.3, -0.25) is 0 Å². The highest BCUT2D eigenvalue weighted by Crippen LogP contribution is 2.20. The van der Waals surface area contributed by atoms with Crippen LogP contribution in [0.3, 0.4) is 0 Å². The van der Waals surface area contributed by atoms with E-state index in [4.69, 9.17) is 4.74 Å². The van der Waals surface area contributed by atoms with E-state index in [1.165, 1.54) is 0 Å². The van der Waals surface area contributed by atoms with Gasteiger partial charge < -0.3 is 4.74 Å². The summed E-state index contributed by atoms with van der Waals surface area (Å²) in [6.45, 7) is 2.16. The molecule has 0 fully saturated rings. The van der Waals surface area contributed by atoms with Crippen molar-refractivity contribution in [3.05, 3.63) is 51.9 Å². The number of nitrogens with zero attached hydrogens (tertiary/aromatic N) is 3. The molecule has 0 N–H and O–H groups in total. The molecule has 0 atom stereocenters. The molecule has 0 aliphatic heterocycles. The molecule has 3 rings (SSSR count). The van der Waals surface area contributed by atoms with E-state index in [2.05, 4.69) is 32.7 Å². The molecule has 1 aromatic carbocycles. The maximum atomic E-state index is 11.6. The van der Waals surface area contributed by atoms with E-state index in [9.17, 15) is 4.79 Å². The molecule has 0 aliphatic carbocycles. The number of benzene rings is 1. The monoisotopic (exact) mass is 393 g/mol. The minimum Gasteiger partial charge on any atom is -0.462 e. The summed E-state index contributed by atoms with van der Waals surface area (Å²) in [5.41, 5.74) is 3.15. The lowest BCUT2D eigenvalue weighted by molar-refractivity contribution is 0.0526. The fourth-order valence-electron chi connectivity index (χ4n) is 1.99. The lowest BCUT2D eigenvalue weighted by Crippen LogP contribution is -2.04. The Kier molecular flexibility index (Phi) is 3.87. The zero-order valence-corrected chi connectivity index (χ0v) is 13.4. The second-order valence-corrected chi connectivity index (χ2v) is 5.53. The Balaban J connectivity index is 1.95. The Morgan fingerprint density at radius 2 is 2.05 bits per heavy atom. The predicted molar refractivity (Wildman–Crippen MR) is 87.1 cm³/mol. The van der Waals surface area contributed by atoms with Gasteiger partial charge in [0.1, 0.15) is 0 Å². The molecule has 2 aromatic heterocycles. The number of aromatic nitrogens is 3. The molecule has 21 heavy (non-hydrogen) atoms. The molecule has 3 aromatic rings. The summed E-state index contributed by atoms with van der Waals surface area (Å²) >= 11 is 2.21. The second-order valence-electron chi connectivity index (χ2n) is 4.37. The van der Waals surface area contributed by atoms with Gasteiger partial charge in [0.2, 0.25) is 0 Å². The quantitative estimate of drug-likeness (QED) is 0.507. The van der Waals surface area contributed by atoms with Gasteiger partial charge in [-0.15, -0.1) is 0 Å². The third-order valence-electron chi connectivity index (χ3n) is 3.02. The first kappa shape index (κ1) is 14.0. The van der Waals surface area contributed by atoms with E-state index >= 15 is 0 Å². The van der Waals surface area contributed by atoms with Gasteiger partial charge in [0.05, 0.1) is 27.6 Å². The van der Waals surface area contributed by atoms with Crippen molar-refractivity contribution in [1.29, 1.82) is 0 Å². The van der Waals surface area contributed by atoms with Crippen LogP contribution >= 0.6 is 22.6 Å². The Morgan fingerprint density at radius 1 is 1.29 bits per heavy atom. The molecule has 2 heterocycles. The van der Waals surface area contributed by atoms with Crippen LogP contribution in [0, 0.1) is 3.57 Å². The molecule has 0 amide bonds. The van der Waals surface area contributed by atoms with Crippen LogP contribution in [-0.2, 0) is 4.74 Å². The number of halogens is 1. The number of hydrogen-bond acceptors (Lipinski definition) is 4. The Labute approximate surface area is 135 Å². The third kappa shape index (κ3) is 2.76. The smallest absolute Gasteiger partial charge is 0.338 e. The Bertz CT molecular complexity index is 796. The predicted octanol–water partition coefficient (Wildman–Crippen LogP) is 3.18. The third-order valence-corrected chi connectivity index (χ3v) is 3.78. The lowest BCUT2D eigenvalue weighted by atomic mass is 10.1. The van der Waals surface area contributed by atoms with Crippen LogP contribution in [-0.4, -0.2) is 27.2 Å². The molecule has 6 heteroatoms. The number of fused-ring (bicyclic) bond motifs is 1. The standard InChI is InChI=1S/C15H12IN3O2/c1-2-21-15(20)11-5-3-10(4-6-11)13-7-8-19-14(18-13)12(16)9-17-19/h3-9H,2H2,1H3. The Hall–Kier alpha value is -1.96. The highest BCUT2D eigenvalue weighted by atomic mass is 127. The molecule has 106 valence electrons. The summed E-state index contributed by atoms with van der Waals surface area (Å²) in [6, 6.07) is 9.14. The van der Waals surface area contributed by atoms with Crippen LogP contribution in [0.15, 0.2) is 42.7 Å². The van der Waals surface area contributed by atoms with E-state index in [-0.39, 0.29) is 5.97 Å². The van der Waals surface area contributed by atoms with Gasteiger partial charge in [-0.05, 0) is 47.7 Å². The summed E-state index contributed by atoms with van der Waals surface area (Å²) in [7, 11) is 0. The van der Waals surface area contributed by atoms with Crippen LogP contribution in [0.25, 0.3) is 16.9 Å². The number of hydrogen-bond donors (Lipinski definition) is 0.